The van der Waals surface area contributed by atoms with Gasteiger partial charge in [0.15, 0.2) is 5.11 Å². The van der Waals surface area contributed by atoms with Crippen molar-refractivity contribution in [3.05, 3.63) is 59.7 Å². The first-order valence-corrected chi connectivity index (χ1v) is 9.28. The Labute approximate surface area is 164 Å². The number of hydrogen-bond donors (Lipinski definition) is 3. The molecule has 0 fully saturated rings. The van der Waals surface area contributed by atoms with Crippen LogP contribution in [0.25, 0.3) is 0 Å². The van der Waals surface area contributed by atoms with E-state index in [-0.39, 0.29) is 11.8 Å². The second kappa shape index (κ2) is 10.2. The molecule has 0 unspecified atom stereocenters. The topological polar surface area (TPSA) is 37.7 Å². The predicted octanol–water partition coefficient (Wildman–Crippen LogP) is 3.02. The molecule has 0 aliphatic rings. The molecule has 0 saturated heterocycles. The molecule has 0 aliphatic heterocycles. The van der Waals surface area contributed by atoms with Crippen LogP contribution >= 0.6 is 12.2 Å². The number of aryl methyl sites for hydroxylation is 1. The van der Waals surface area contributed by atoms with E-state index >= 15 is 0 Å². The molecule has 27 heavy (non-hydrogen) atoms. The lowest BCUT2D eigenvalue weighted by Crippen LogP contribution is -3.07. The number of nitrogens with one attached hydrogen (secondary N) is 3. The lowest BCUT2D eigenvalue weighted by Gasteiger charge is -2.23. The van der Waals surface area contributed by atoms with Crippen LogP contribution in [0.5, 0.6) is 5.75 Å². The molecule has 4 nitrogen and oxygen atoms in total. The summed E-state index contributed by atoms with van der Waals surface area (Å²) in [6.07, 6.45) is 1.02. The van der Waals surface area contributed by atoms with E-state index in [4.69, 9.17) is 12.2 Å². The molecule has 0 radical (unpaired) electrons. The van der Waals surface area contributed by atoms with Crippen molar-refractivity contribution in [1.82, 2.24) is 5.32 Å². The largest absolute Gasteiger partial charge is 0.435 e. The number of halogens is 2. The highest BCUT2D eigenvalue weighted by atomic mass is 32.1. The van der Waals surface area contributed by atoms with Crippen molar-refractivity contribution >= 4 is 23.0 Å². The van der Waals surface area contributed by atoms with Crippen molar-refractivity contribution in [2.24, 2.45) is 0 Å². The van der Waals surface area contributed by atoms with E-state index < -0.39 is 6.61 Å². The standard InChI is InChI=1S/C20H25F2N3OS/c1-4-14-5-7-15(8-6-14)18(25(2)3)13-23-20(27)24-16-9-11-17(12-10-16)26-19(21)22/h5-12,18-19H,4,13H2,1-3H3,(H2,23,24,27)/p+1/t18-/m1/s1. The van der Waals surface area contributed by atoms with Gasteiger partial charge in [0.2, 0.25) is 0 Å². The van der Waals surface area contributed by atoms with Gasteiger partial charge in [0.1, 0.15) is 11.8 Å². The highest BCUT2D eigenvalue weighted by molar-refractivity contribution is 7.80. The number of anilines is 1. The monoisotopic (exact) mass is 394 g/mol. The van der Waals surface area contributed by atoms with E-state index in [9.17, 15) is 8.78 Å². The number of alkyl halides is 2. The van der Waals surface area contributed by atoms with Crippen LogP contribution in [0.2, 0.25) is 0 Å². The van der Waals surface area contributed by atoms with Gasteiger partial charge in [0, 0.05) is 11.3 Å². The first kappa shape index (κ1) is 21.1. The molecule has 0 aromatic heterocycles. The molecule has 0 spiro atoms. The number of hydrogen-bond acceptors (Lipinski definition) is 2. The Balaban J connectivity index is 1.91. The fraction of sp³-hybridized carbons (Fsp3) is 0.350. The number of benzene rings is 2. The van der Waals surface area contributed by atoms with Gasteiger partial charge in [0.25, 0.3) is 0 Å². The molecular weight excluding hydrogens is 368 g/mol. The maximum absolute atomic E-state index is 12.2. The summed E-state index contributed by atoms with van der Waals surface area (Å²) in [4.78, 5) is 1.29. The summed E-state index contributed by atoms with van der Waals surface area (Å²) in [6.45, 7) is -0.0170. The number of ether oxygens (including phenoxy) is 1. The summed E-state index contributed by atoms with van der Waals surface area (Å²) in [6, 6.07) is 15.1. The third kappa shape index (κ3) is 6.77. The minimum absolute atomic E-state index is 0.112. The number of thiocarbonyl (C=S) groups is 1. The summed E-state index contributed by atoms with van der Waals surface area (Å²) in [7, 11) is 4.22. The SMILES string of the molecule is CCc1ccc([C@@H](CNC(=S)Nc2ccc(OC(F)F)cc2)[NH+](C)C)cc1. The average molecular weight is 395 g/mol. The molecule has 0 amide bonds. The Kier molecular flexibility index (Phi) is 7.94. The Morgan fingerprint density at radius 1 is 1.07 bits per heavy atom. The zero-order valence-corrected chi connectivity index (χ0v) is 16.6. The van der Waals surface area contributed by atoms with Gasteiger partial charge in [-0.25, -0.2) is 0 Å². The number of quaternary nitrogens is 1. The van der Waals surface area contributed by atoms with Gasteiger partial charge in [-0.15, -0.1) is 0 Å². The summed E-state index contributed by atoms with van der Waals surface area (Å²) in [5.74, 6) is 0.112. The molecule has 0 aliphatic carbocycles. The van der Waals surface area contributed by atoms with Crippen LogP contribution in [0.1, 0.15) is 24.1 Å². The lowest BCUT2D eigenvalue weighted by atomic mass is 10.0. The van der Waals surface area contributed by atoms with Gasteiger partial charge < -0.3 is 20.3 Å². The molecule has 3 N–H and O–H groups in total. The van der Waals surface area contributed by atoms with Gasteiger partial charge in [0.05, 0.1) is 20.6 Å². The molecule has 0 saturated carbocycles. The van der Waals surface area contributed by atoms with Crippen molar-refractivity contribution in [2.45, 2.75) is 26.0 Å². The lowest BCUT2D eigenvalue weighted by molar-refractivity contribution is -0.890. The Hall–Kier alpha value is -2.25. The Bertz CT molecular complexity index is 721. The zero-order valence-electron chi connectivity index (χ0n) is 15.8. The minimum Gasteiger partial charge on any atom is -0.435 e. The van der Waals surface area contributed by atoms with Gasteiger partial charge in [-0.1, -0.05) is 31.2 Å². The predicted molar refractivity (Wildman–Crippen MR) is 109 cm³/mol. The first-order chi connectivity index (χ1) is 12.9. The van der Waals surface area contributed by atoms with Crippen molar-refractivity contribution in [3.8, 4) is 5.75 Å². The van der Waals surface area contributed by atoms with Crippen molar-refractivity contribution in [2.75, 3.05) is 26.0 Å². The molecule has 0 bridgehead atoms. The molecular formula is C20H26F2N3OS+. The average Bonchev–Trinajstić information content (AvgIpc) is 2.63. The Morgan fingerprint density at radius 3 is 2.22 bits per heavy atom. The van der Waals surface area contributed by atoms with Gasteiger partial charge in [-0.05, 0) is 48.5 Å². The second-order valence-electron chi connectivity index (χ2n) is 6.46. The highest BCUT2D eigenvalue weighted by Crippen LogP contribution is 2.17. The smallest absolute Gasteiger partial charge is 0.387 e. The van der Waals surface area contributed by atoms with Crippen molar-refractivity contribution < 1.29 is 18.4 Å². The van der Waals surface area contributed by atoms with Crippen LogP contribution in [-0.4, -0.2) is 32.4 Å². The third-order valence-corrected chi connectivity index (χ3v) is 4.54. The second-order valence-corrected chi connectivity index (χ2v) is 6.87. The number of likely N-dealkylation sites (N-methyl/N-ethyl adjacent to an activating group) is 1. The maximum atomic E-state index is 12.2. The Morgan fingerprint density at radius 2 is 1.70 bits per heavy atom. The van der Waals surface area contributed by atoms with Crippen LogP contribution in [0.4, 0.5) is 14.5 Å². The highest BCUT2D eigenvalue weighted by Gasteiger charge is 2.18. The molecule has 7 heteroatoms. The normalized spacial score (nSPS) is 12.1. The molecule has 2 aromatic rings. The van der Waals surface area contributed by atoms with Crippen LogP contribution < -0.4 is 20.3 Å². The molecule has 2 rings (SSSR count). The molecule has 2 aromatic carbocycles. The molecule has 1 atom stereocenters. The number of rotatable bonds is 8. The first-order valence-electron chi connectivity index (χ1n) is 8.87. The maximum Gasteiger partial charge on any atom is 0.387 e. The van der Waals surface area contributed by atoms with Crippen molar-refractivity contribution in [3.63, 3.8) is 0 Å². The minimum atomic E-state index is -2.83. The molecule has 146 valence electrons. The zero-order chi connectivity index (χ0) is 19.8. The summed E-state index contributed by atoms with van der Waals surface area (Å²) >= 11 is 5.35. The van der Waals surface area contributed by atoms with E-state index in [1.54, 1.807) is 12.1 Å². The van der Waals surface area contributed by atoms with Gasteiger partial charge in [-0.2, -0.15) is 8.78 Å². The van der Waals surface area contributed by atoms with E-state index in [0.717, 1.165) is 6.42 Å². The fourth-order valence-electron chi connectivity index (χ4n) is 2.73. The third-order valence-electron chi connectivity index (χ3n) is 4.29. The summed E-state index contributed by atoms with van der Waals surface area (Å²) < 4.78 is 28.7. The quantitative estimate of drug-likeness (QED) is 0.602. The van der Waals surface area contributed by atoms with E-state index in [1.165, 1.54) is 28.2 Å². The fourth-order valence-corrected chi connectivity index (χ4v) is 2.93. The van der Waals surface area contributed by atoms with Crippen LogP contribution in [-0.2, 0) is 6.42 Å². The van der Waals surface area contributed by atoms with Crippen LogP contribution in [0.15, 0.2) is 48.5 Å². The summed E-state index contributed by atoms with van der Waals surface area (Å²) in [5, 5.41) is 6.77. The van der Waals surface area contributed by atoms with Crippen LogP contribution in [0.3, 0.4) is 0 Å². The van der Waals surface area contributed by atoms with E-state index in [0.29, 0.717) is 17.3 Å². The summed E-state index contributed by atoms with van der Waals surface area (Å²) in [5.41, 5.74) is 3.27. The molecule has 0 heterocycles. The van der Waals surface area contributed by atoms with Gasteiger partial charge in [-0.3, -0.25) is 0 Å². The van der Waals surface area contributed by atoms with Gasteiger partial charge >= 0.3 is 6.61 Å². The van der Waals surface area contributed by atoms with Crippen LogP contribution in [0, 0.1) is 0 Å². The van der Waals surface area contributed by atoms with E-state index in [1.807, 2.05) is 0 Å². The van der Waals surface area contributed by atoms with Crippen molar-refractivity contribution in [1.29, 1.82) is 0 Å². The van der Waals surface area contributed by atoms with E-state index in [2.05, 4.69) is 60.7 Å².